The molecule has 24 heavy (non-hydrogen) atoms. The fourth-order valence-corrected chi connectivity index (χ4v) is 3.44. The lowest BCUT2D eigenvalue weighted by Crippen LogP contribution is -2.42. The zero-order valence-corrected chi connectivity index (χ0v) is 13.6. The van der Waals surface area contributed by atoms with Crippen LogP contribution in [0.4, 0.5) is 0 Å². The van der Waals surface area contributed by atoms with Crippen molar-refractivity contribution in [2.75, 3.05) is 19.6 Å². The van der Waals surface area contributed by atoms with Crippen molar-refractivity contribution in [3.63, 3.8) is 0 Å². The van der Waals surface area contributed by atoms with E-state index in [9.17, 15) is 14.4 Å². The molecule has 2 amide bonds. The molecule has 2 fully saturated rings. The van der Waals surface area contributed by atoms with Gasteiger partial charge in [0.2, 0.25) is 5.91 Å². The van der Waals surface area contributed by atoms with Gasteiger partial charge >= 0.3 is 5.97 Å². The molecule has 2 aliphatic heterocycles. The number of nitrogens with zero attached hydrogens (tertiary/aromatic N) is 2. The van der Waals surface area contributed by atoms with Crippen molar-refractivity contribution in [3.8, 4) is 0 Å². The number of carboxylic acid groups (broad SMARTS) is 1. The van der Waals surface area contributed by atoms with Crippen LogP contribution in [0.25, 0.3) is 0 Å². The van der Waals surface area contributed by atoms with E-state index in [0.29, 0.717) is 37.9 Å². The fraction of sp³-hybridized carbons (Fsp3) is 0.500. The Morgan fingerprint density at radius 2 is 2.04 bits per heavy atom. The molecule has 2 heterocycles. The van der Waals surface area contributed by atoms with Gasteiger partial charge in [0.1, 0.15) is 0 Å². The Labute approximate surface area is 141 Å². The summed E-state index contributed by atoms with van der Waals surface area (Å²) in [4.78, 5) is 39.0. The van der Waals surface area contributed by atoms with Crippen molar-refractivity contribution >= 4 is 17.8 Å². The van der Waals surface area contributed by atoms with Crippen LogP contribution >= 0.6 is 0 Å². The highest BCUT2D eigenvalue weighted by Crippen LogP contribution is 2.20. The van der Waals surface area contributed by atoms with Crippen molar-refractivity contribution in [3.05, 3.63) is 35.4 Å². The maximum absolute atomic E-state index is 12.7. The average molecular weight is 330 g/mol. The number of piperidine rings is 1. The minimum atomic E-state index is -0.839. The Kier molecular flexibility index (Phi) is 4.83. The topological polar surface area (TPSA) is 77.9 Å². The van der Waals surface area contributed by atoms with Crippen LogP contribution in [-0.4, -0.2) is 52.3 Å². The van der Waals surface area contributed by atoms with E-state index in [0.717, 1.165) is 18.5 Å². The Morgan fingerprint density at radius 1 is 1.21 bits per heavy atom. The van der Waals surface area contributed by atoms with Crippen LogP contribution in [0.5, 0.6) is 0 Å². The number of carbonyl (C=O) groups excluding carboxylic acids is 2. The minimum absolute atomic E-state index is 0.129. The molecule has 6 heteroatoms. The van der Waals surface area contributed by atoms with Crippen molar-refractivity contribution in [1.29, 1.82) is 0 Å². The molecule has 0 aromatic heterocycles. The third-order valence-corrected chi connectivity index (χ3v) is 4.78. The van der Waals surface area contributed by atoms with E-state index in [1.807, 2.05) is 23.1 Å². The molecule has 1 aromatic rings. The molecular formula is C18H22N2O4. The number of carboxylic acids is 1. The highest BCUT2D eigenvalue weighted by Gasteiger charge is 2.28. The Bertz CT molecular complexity index is 658. The lowest BCUT2D eigenvalue weighted by Gasteiger charge is -2.31. The summed E-state index contributed by atoms with van der Waals surface area (Å²) in [5.41, 5.74) is 1.49. The quantitative estimate of drug-likeness (QED) is 0.912. The van der Waals surface area contributed by atoms with Gasteiger partial charge in [-0.05, 0) is 37.0 Å². The molecular weight excluding hydrogens is 308 g/mol. The summed E-state index contributed by atoms with van der Waals surface area (Å²) in [5, 5.41) is 9.16. The first-order chi connectivity index (χ1) is 11.5. The van der Waals surface area contributed by atoms with Crippen LogP contribution in [0.1, 0.15) is 41.6 Å². The number of rotatable bonds is 4. The van der Waals surface area contributed by atoms with Gasteiger partial charge < -0.3 is 14.9 Å². The minimum Gasteiger partial charge on any atom is -0.481 e. The summed E-state index contributed by atoms with van der Waals surface area (Å²) in [6.45, 7) is 2.15. The molecule has 1 aromatic carbocycles. The number of amides is 2. The molecule has 6 nitrogen and oxygen atoms in total. The van der Waals surface area contributed by atoms with E-state index in [2.05, 4.69) is 0 Å². The zero-order valence-electron chi connectivity index (χ0n) is 13.6. The van der Waals surface area contributed by atoms with Gasteiger partial charge in [-0.2, -0.15) is 0 Å². The highest BCUT2D eigenvalue weighted by molar-refractivity contribution is 5.94. The second-order valence-electron chi connectivity index (χ2n) is 6.55. The van der Waals surface area contributed by atoms with E-state index < -0.39 is 11.9 Å². The number of aliphatic carboxylic acids is 1. The van der Waals surface area contributed by atoms with Crippen molar-refractivity contribution in [2.45, 2.75) is 32.2 Å². The van der Waals surface area contributed by atoms with Crippen LogP contribution in [0.3, 0.4) is 0 Å². The predicted octanol–water partition coefficient (Wildman–Crippen LogP) is 1.75. The lowest BCUT2D eigenvalue weighted by atomic mass is 9.97. The Balaban J connectivity index is 1.69. The van der Waals surface area contributed by atoms with Gasteiger partial charge in [-0.15, -0.1) is 0 Å². The van der Waals surface area contributed by atoms with E-state index >= 15 is 0 Å². The maximum atomic E-state index is 12.7. The highest BCUT2D eigenvalue weighted by atomic mass is 16.4. The van der Waals surface area contributed by atoms with Crippen LogP contribution < -0.4 is 0 Å². The molecule has 3 rings (SSSR count). The maximum Gasteiger partial charge on any atom is 0.308 e. The summed E-state index contributed by atoms with van der Waals surface area (Å²) < 4.78 is 0. The molecule has 2 saturated heterocycles. The smallest absolute Gasteiger partial charge is 0.308 e. The van der Waals surface area contributed by atoms with Gasteiger partial charge in [-0.25, -0.2) is 0 Å². The predicted molar refractivity (Wildman–Crippen MR) is 87.4 cm³/mol. The fourth-order valence-electron chi connectivity index (χ4n) is 3.44. The van der Waals surface area contributed by atoms with E-state index in [-0.39, 0.29) is 18.4 Å². The van der Waals surface area contributed by atoms with Crippen molar-refractivity contribution in [1.82, 2.24) is 9.80 Å². The third kappa shape index (κ3) is 3.58. The van der Waals surface area contributed by atoms with Gasteiger partial charge in [0.25, 0.3) is 5.91 Å². The molecule has 0 unspecified atom stereocenters. The summed E-state index contributed by atoms with van der Waals surface area (Å²) in [5.74, 6) is -1.29. The molecule has 1 atom stereocenters. The third-order valence-electron chi connectivity index (χ3n) is 4.78. The molecule has 1 N–H and O–H groups in total. The Morgan fingerprint density at radius 3 is 2.75 bits per heavy atom. The second kappa shape index (κ2) is 7.03. The molecule has 2 aliphatic rings. The first kappa shape index (κ1) is 16.5. The van der Waals surface area contributed by atoms with Gasteiger partial charge in [0, 0.05) is 38.2 Å². The monoisotopic (exact) mass is 330 g/mol. The zero-order chi connectivity index (χ0) is 17.1. The van der Waals surface area contributed by atoms with Crippen molar-refractivity contribution < 1.29 is 19.5 Å². The van der Waals surface area contributed by atoms with E-state index in [4.69, 9.17) is 5.11 Å². The summed E-state index contributed by atoms with van der Waals surface area (Å²) in [6, 6.07) is 7.31. The molecule has 0 bridgehead atoms. The summed E-state index contributed by atoms with van der Waals surface area (Å²) in [6.07, 6.45) is 2.83. The molecule has 0 saturated carbocycles. The van der Waals surface area contributed by atoms with Gasteiger partial charge in [0.05, 0.1) is 5.92 Å². The van der Waals surface area contributed by atoms with Crippen LogP contribution in [-0.2, 0) is 16.1 Å². The van der Waals surface area contributed by atoms with E-state index in [1.54, 1.807) is 11.0 Å². The molecule has 0 aliphatic carbocycles. The molecule has 0 spiro atoms. The van der Waals surface area contributed by atoms with Crippen LogP contribution in [0, 0.1) is 5.92 Å². The number of likely N-dealkylation sites (tertiary alicyclic amines) is 2. The van der Waals surface area contributed by atoms with Gasteiger partial charge in [0.15, 0.2) is 0 Å². The largest absolute Gasteiger partial charge is 0.481 e. The van der Waals surface area contributed by atoms with E-state index in [1.165, 1.54) is 0 Å². The summed E-state index contributed by atoms with van der Waals surface area (Å²) >= 11 is 0. The van der Waals surface area contributed by atoms with Crippen molar-refractivity contribution in [2.24, 2.45) is 5.92 Å². The Hall–Kier alpha value is -2.37. The first-order valence-electron chi connectivity index (χ1n) is 8.43. The van der Waals surface area contributed by atoms with Gasteiger partial charge in [-0.1, -0.05) is 12.1 Å². The average Bonchev–Trinajstić information content (AvgIpc) is 2.99. The summed E-state index contributed by atoms with van der Waals surface area (Å²) in [7, 11) is 0. The lowest BCUT2D eigenvalue weighted by molar-refractivity contribution is -0.143. The first-order valence-corrected chi connectivity index (χ1v) is 8.43. The van der Waals surface area contributed by atoms with Crippen LogP contribution in [0.15, 0.2) is 24.3 Å². The molecule has 128 valence electrons. The number of hydrogen-bond acceptors (Lipinski definition) is 3. The molecule has 0 radical (unpaired) electrons. The number of hydrogen-bond donors (Lipinski definition) is 1. The normalized spacial score (nSPS) is 21.2. The second-order valence-corrected chi connectivity index (χ2v) is 6.55. The van der Waals surface area contributed by atoms with Crippen LogP contribution in [0.2, 0.25) is 0 Å². The van der Waals surface area contributed by atoms with Gasteiger partial charge in [-0.3, -0.25) is 14.4 Å². The standard InChI is InChI=1S/C18H22N2O4/c21-16-7-3-8-19(16)11-13-4-1-5-14(10-13)17(22)20-9-2-6-15(12-20)18(23)24/h1,4-5,10,15H,2-3,6-9,11-12H2,(H,23,24)/t15-/m1/s1. The SMILES string of the molecule is O=C(O)[C@@H]1CCCN(C(=O)c2cccc(CN3CCCC3=O)c2)C1. The number of benzene rings is 1. The number of carbonyl (C=O) groups is 3.